The average molecular weight is 181 g/mol. The zero-order valence-electron chi connectivity index (χ0n) is 8.04. The fourth-order valence-electron chi connectivity index (χ4n) is 1.62. The van der Waals surface area contributed by atoms with E-state index in [1.54, 1.807) is 12.5 Å². The van der Waals surface area contributed by atoms with Gasteiger partial charge >= 0.3 is 0 Å². The van der Waals surface area contributed by atoms with E-state index in [2.05, 4.69) is 19.2 Å². The van der Waals surface area contributed by atoms with E-state index in [9.17, 15) is 0 Å². The standard InChI is InChI=1S/C10H15NO2/c1-10(2)7-11-5-9(13-10)8-3-4-12-6-8/h3-4,6,9,11H,5,7H2,1-2H3. The molecule has 0 radical (unpaired) electrons. The summed E-state index contributed by atoms with van der Waals surface area (Å²) < 4.78 is 10.9. The van der Waals surface area contributed by atoms with E-state index < -0.39 is 0 Å². The van der Waals surface area contributed by atoms with E-state index in [-0.39, 0.29) is 11.7 Å². The molecular weight excluding hydrogens is 166 g/mol. The fraction of sp³-hybridized carbons (Fsp3) is 0.600. The Kier molecular flexibility index (Phi) is 2.14. The number of hydrogen-bond acceptors (Lipinski definition) is 3. The summed E-state index contributed by atoms with van der Waals surface area (Å²) in [6, 6.07) is 1.95. The Morgan fingerprint density at radius 3 is 3.00 bits per heavy atom. The number of morpholine rings is 1. The normalized spacial score (nSPS) is 27.4. The van der Waals surface area contributed by atoms with Gasteiger partial charge in [0.1, 0.15) is 0 Å². The second kappa shape index (κ2) is 3.16. The highest BCUT2D eigenvalue weighted by Gasteiger charge is 2.29. The van der Waals surface area contributed by atoms with Crippen molar-refractivity contribution in [3.8, 4) is 0 Å². The van der Waals surface area contributed by atoms with Crippen LogP contribution in [-0.4, -0.2) is 18.7 Å². The molecule has 0 spiro atoms. The van der Waals surface area contributed by atoms with Crippen molar-refractivity contribution in [2.45, 2.75) is 25.6 Å². The van der Waals surface area contributed by atoms with Gasteiger partial charge in [-0.1, -0.05) is 0 Å². The molecule has 1 N–H and O–H groups in total. The molecule has 0 saturated carbocycles. The molecule has 0 aliphatic carbocycles. The first-order valence-electron chi connectivity index (χ1n) is 4.58. The summed E-state index contributed by atoms with van der Waals surface area (Å²) in [7, 11) is 0. The highest BCUT2D eigenvalue weighted by Crippen LogP contribution is 2.26. The van der Waals surface area contributed by atoms with Gasteiger partial charge in [0.15, 0.2) is 0 Å². The van der Waals surface area contributed by atoms with Gasteiger partial charge in [0.05, 0.1) is 24.2 Å². The molecule has 2 rings (SSSR count). The number of nitrogens with one attached hydrogen (secondary N) is 1. The topological polar surface area (TPSA) is 34.4 Å². The van der Waals surface area contributed by atoms with Gasteiger partial charge in [-0.3, -0.25) is 0 Å². The summed E-state index contributed by atoms with van der Waals surface area (Å²) >= 11 is 0. The smallest absolute Gasteiger partial charge is 0.0988 e. The molecule has 1 unspecified atom stereocenters. The maximum Gasteiger partial charge on any atom is 0.0988 e. The summed E-state index contributed by atoms with van der Waals surface area (Å²) in [4.78, 5) is 0. The maximum absolute atomic E-state index is 5.90. The van der Waals surface area contributed by atoms with Crippen LogP contribution in [0.15, 0.2) is 23.0 Å². The molecule has 1 aromatic heterocycles. The lowest BCUT2D eigenvalue weighted by Crippen LogP contribution is -2.46. The first-order chi connectivity index (χ1) is 6.17. The summed E-state index contributed by atoms with van der Waals surface area (Å²) in [5.41, 5.74) is 1.03. The Balaban J connectivity index is 2.09. The zero-order valence-corrected chi connectivity index (χ0v) is 8.04. The number of furan rings is 1. The molecule has 1 fully saturated rings. The van der Waals surface area contributed by atoms with E-state index in [0.717, 1.165) is 18.7 Å². The van der Waals surface area contributed by atoms with Crippen LogP contribution in [0.4, 0.5) is 0 Å². The number of hydrogen-bond donors (Lipinski definition) is 1. The van der Waals surface area contributed by atoms with E-state index >= 15 is 0 Å². The first-order valence-corrected chi connectivity index (χ1v) is 4.58. The van der Waals surface area contributed by atoms with Gasteiger partial charge in [-0.15, -0.1) is 0 Å². The maximum atomic E-state index is 5.90. The highest BCUT2D eigenvalue weighted by molar-refractivity contribution is 5.11. The predicted molar refractivity (Wildman–Crippen MR) is 49.5 cm³/mol. The van der Waals surface area contributed by atoms with Gasteiger partial charge in [-0.2, -0.15) is 0 Å². The Labute approximate surface area is 78.1 Å². The molecule has 3 heteroatoms. The van der Waals surface area contributed by atoms with Gasteiger partial charge in [-0.25, -0.2) is 0 Å². The third-order valence-electron chi connectivity index (χ3n) is 2.26. The van der Waals surface area contributed by atoms with Gasteiger partial charge in [0.2, 0.25) is 0 Å². The van der Waals surface area contributed by atoms with E-state index in [1.807, 2.05) is 6.07 Å². The van der Waals surface area contributed by atoms with Crippen molar-refractivity contribution in [1.82, 2.24) is 5.32 Å². The molecule has 1 atom stereocenters. The molecule has 2 heterocycles. The summed E-state index contributed by atoms with van der Waals surface area (Å²) in [5.74, 6) is 0. The van der Waals surface area contributed by atoms with Crippen molar-refractivity contribution < 1.29 is 9.15 Å². The molecule has 72 valence electrons. The SMILES string of the molecule is CC1(C)CNCC(c2ccoc2)O1. The molecule has 1 aliphatic rings. The number of ether oxygens (including phenoxy) is 1. The Morgan fingerprint density at radius 1 is 1.54 bits per heavy atom. The van der Waals surface area contributed by atoms with Crippen LogP contribution in [0, 0.1) is 0 Å². The predicted octanol–water partition coefficient (Wildman–Crippen LogP) is 1.72. The van der Waals surface area contributed by atoms with Crippen LogP contribution in [0.2, 0.25) is 0 Å². The fourth-order valence-corrected chi connectivity index (χ4v) is 1.62. The number of rotatable bonds is 1. The van der Waals surface area contributed by atoms with Crippen molar-refractivity contribution in [3.05, 3.63) is 24.2 Å². The third kappa shape index (κ3) is 1.92. The molecule has 0 bridgehead atoms. The Morgan fingerprint density at radius 2 is 2.38 bits per heavy atom. The van der Waals surface area contributed by atoms with E-state index in [1.165, 1.54) is 0 Å². The van der Waals surface area contributed by atoms with Crippen molar-refractivity contribution in [2.75, 3.05) is 13.1 Å². The minimum absolute atomic E-state index is 0.0831. The van der Waals surface area contributed by atoms with Gasteiger partial charge in [0.25, 0.3) is 0 Å². The van der Waals surface area contributed by atoms with Crippen LogP contribution in [-0.2, 0) is 4.74 Å². The van der Waals surface area contributed by atoms with Gasteiger partial charge in [-0.05, 0) is 19.9 Å². The average Bonchev–Trinajstić information content (AvgIpc) is 2.53. The van der Waals surface area contributed by atoms with Crippen molar-refractivity contribution >= 4 is 0 Å². The minimum atomic E-state index is -0.0831. The Hall–Kier alpha value is -0.800. The van der Waals surface area contributed by atoms with E-state index in [0.29, 0.717) is 0 Å². The van der Waals surface area contributed by atoms with Crippen LogP contribution in [0.5, 0.6) is 0 Å². The van der Waals surface area contributed by atoms with Crippen molar-refractivity contribution in [1.29, 1.82) is 0 Å². The largest absolute Gasteiger partial charge is 0.472 e. The van der Waals surface area contributed by atoms with Crippen LogP contribution in [0.1, 0.15) is 25.5 Å². The molecular formula is C10H15NO2. The lowest BCUT2D eigenvalue weighted by Gasteiger charge is -2.36. The van der Waals surface area contributed by atoms with Gasteiger partial charge in [0, 0.05) is 18.7 Å². The van der Waals surface area contributed by atoms with Crippen LogP contribution >= 0.6 is 0 Å². The van der Waals surface area contributed by atoms with Crippen LogP contribution < -0.4 is 5.32 Å². The monoisotopic (exact) mass is 181 g/mol. The Bertz CT molecular complexity index is 266. The first kappa shape index (κ1) is 8.78. The van der Waals surface area contributed by atoms with E-state index in [4.69, 9.17) is 9.15 Å². The highest BCUT2D eigenvalue weighted by atomic mass is 16.5. The summed E-state index contributed by atoms with van der Waals surface area (Å²) in [5, 5.41) is 3.35. The quantitative estimate of drug-likeness (QED) is 0.716. The van der Waals surface area contributed by atoms with Crippen molar-refractivity contribution in [2.24, 2.45) is 0 Å². The van der Waals surface area contributed by atoms with Crippen LogP contribution in [0.3, 0.4) is 0 Å². The zero-order chi connectivity index (χ0) is 9.31. The molecule has 13 heavy (non-hydrogen) atoms. The molecule has 1 aromatic rings. The third-order valence-corrected chi connectivity index (χ3v) is 2.26. The second-order valence-electron chi connectivity index (χ2n) is 4.05. The lowest BCUT2D eigenvalue weighted by molar-refractivity contribution is -0.0960. The second-order valence-corrected chi connectivity index (χ2v) is 4.05. The summed E-state index contributed by atoms with van der Waals surface area (Å²) in [6.07, 6.45) is 3.55. The minimum Gasteiger partial charge on any atom is -0.472 e. The molecule has 3 nitrogen and oxygen atoms in total. The van der Waals surface area contributed by atoms with Crippen LogP contribution in [0.25, 0.3) is 0 Å². The molecule has 1 saturated heterocycles. The van der Waals surface area contributed by atoms with Crippen molar-refractivity contribution in [3.63, 3.8) is 0 Å². The summed E-state index contributed by atoms with van der Waals surface area (Å²) in [6.45, 7) is 5.95. The molecule has 0 aromatic carbocycles. The molecule has 1 aliphatic heterocycles. The lowest BCUT2D eigenvalue weighted by atomic mass is 10.0. The molecule has 0 amide bonds. The van der Waals surface area contributed by atoms with Gasteiger partial charge < -0.3 is 14.5 Å².